The Labute approximate surface area is 152 Å². The summed E-state index contributed by atoms with van der Waals surface area (Å²) in [4.78, 5) is 24.2. The Bertz CT molecular complexity index is 1000. The fourth-order valence-electron chi connectivity index (χ4n) is 2.10. The van der Waals surface area contributed by atoms with Crippen LogP contribution in [0.2, 0.25) is 0 Å². The predicted molar refractivity (Wildman–Crippen MR) is 92.8 cm³/mol. The molecule has 2 heterocycles. The smallest absolute Gasteiger partial charge is 0.323 e. The molecule has 1 amide bonds. The molecule has 0 aliphatic rings. The van der Waals surface area contributed by atoms with Gasteiger partial charge in [-0.1, -0.05) is 6.92 Å². The van der Waals surface area contributed by atoms with Gasteiger partial charge < -0.3 is 4.57 Å². The minimum Gasteiger partial charge on any atom is -0.323 e. The van der Waals surface area contributed by atoms with Crippen LogP contribution in [0.5, 0.6) is 0 Å². The molecule has 144 valence electrons. The molecule has 2 rings (SSSR count). The van der Waals surface area contributed by atoms with Crippen LogP contribution in [0, 0.1) is 0 Å². The molecular weight excluding hydrogens is 387 g/mol. The first-order chi connectivity index (χ1) is 12.3. The molecule has 0 radical (unpaired) electrons. The van der Waals surface area contributed by atoms with Crippen molar-refractivity contribution in [3.8, 4) is 0 Å². The number of halogens is 1. The van der Waals surface area contributed by atoms with E-state index in [1.54, 1.807) is 16.3 Å². The first kappa shape index (κ1) is 20.0. The Balaban J connectivity index is 2.26. The van der Waals surface area contributed by atoms with Gasteiger partial charge in [-0.3, -0.25) is 8.96 Å². The Morgan fingerprint density at radius 1 is 1.46 bits per heavy atom. The van der Waals surface area contributed by atoms with Gasteiger partial charge in [-0.15, -0.1) is 25.5 Å². The van der Waals surface area contributed by atoms with Gasteiger partial charge in [0.1, 0.15) is 5.82 Å². The monoisotopic (exact) mass is 406 g/mol. The number of thiazole rings is 1. The topological polar surface area (TPSA) is 120 Å². The zero-order chi connectivity index (χ0) is 19.3. The number of hydrogen-bond acceptors (Lipinski definition) is 6. The van der Waals surface area contributed by atoms with E-state index in [1.807, 2.05) is 6.92 Å². The first-order valence-electron chi connectivity index (χ1n) is 7.77. The molecule has 10 nitrogen and oxygen atoms in total. The van der Waals surface area contributed by atoms with E-state index in [0.717, 1.165) is 11.3 Å². The van der Waals surface area contributed by atoms with Crippen LogP contribution in [0.1, 0.15) is 25.6 Å². The zero-order valence-electron chi connectivity index (χ0n) is 14.3. The molecule has 0 fully saturated rings. The second-order valence-corrected chi connectivity index (χ2v) is 7.52. The van der Waals surface area contributed by atoms with Crippen molar-refractivity contribution in [2.45, 2.75) is 32.7 Å². The lowest BCUT2D eigenvalue weighted by Gasteiger charge is -2.02. The second kappa shape index (κ2) is 8.40. The summed E-state index contributed by atoms with van der Waals surface area (Å²) in [7, 11) is -2.97. The number of carbonyl (C=O) groups excluding carboxylic acids is 1. The van der Waals surface area contributed by atoms with Crippen molar-refractivity contribution in [2.24, 2.45) is 11.4 Å². The number of nitrogens with one attached hydrogen (secondary N) is 1. The zero-order valence-corrected chi connectivity index (χ0v) is 15.9. The van der Waals surface area contributed by atoms with Crippen LogP contribution in [0.25, 0.3) is 0 Å². The molecular formula is C13H19FN6O4S2. The molecule has 0 aliphatic carbocycles. The van der Waals surface area contributed by atoms with Gasteiger partial charge in [-0.25, -0.2) is 14.3 Å². The summed E-state index contributed by atoms with van der Waals surface area (Å²) in [5.74, 6) is 0.365. The molecule has 2 aromatic rings. The first-order valence-corrected chi connectivity index (χ1v) is 10.1. The standard InChI is InChI=1S/C13H19FN6O4S2/c1-3-5-10-15-20(13(22)18(10)2)11(21)16-26(23,24)17-12-19(7-4-6-14)8-9-25-12/h8-9H,3-7H2,1-2H3,(H,16,21)/b17-12+. The van der Waals surface area contributed by atoms with Crippen molar-refractivity contribution in [3.05, 3.63) is 32.7 Å². The maximum atomic E-state index is 12.3. The Morgan fingerprint density at radius 2 is 2.19 bits per heavy atom. The highest BCUT2D eigenvalue weighted by Gasteiger charge is 2.20. The van der Waals surface area contributed by atoms with Gasteiger partial charge in [-0.2, -0.15) is 8.42 Å². The summed E-state index contributed by atoms with van der Waals surface area (Å²) in [6.07, 6.45) is 2.94. The van der Waals surface area contributed by atoms with Crippen molar-refractivity contribution >= 4 is 27.6 Å². The number of amides is 1. The Kier molecular flexibility index (Phi) is 6.47. The van der Waals surface area contributed by atoms with Gasteiger partial charge >= 0.3 is 21.9 Å². The molecule has 0 aromatic carbocycles. The summed E-state index contributed by atoms with van der Waals surface area (Å²) in [5, 5.41) is 5.43. The molecule has 1 N–H and O–H groups in total. The number of rotatable bonds is 7. The second-order valence-electron chi connectivity index (χ2n) is 5.31. The summed E-state index contributed by atoms with van der Waals surface area (Å²) in [5.41, 5.74) is -0.754. The SMILES string of the molecule is CCCc1nn(C(=O)NS(=O)(=O)/N=c2/sccn2CCCF)c(=O)n1C. The summed E-state index contributed by atoms with van der Waals surface area (Å²) in [6.45, 7) is 1.59. The highest BCUT2D eigenvalue weighted by atomic mass is 32.2. The molecule has 0 aliphatic heterocycles. The van der Waals surface area contributed by atoms with E-state index in [9.17, 15) is 22.4 Å². The fraction of sp³-hybridized carbons (Fsp3) is 0.538. The number of aryl methyl sites for hydroxylation is 2. The lowest BCUT2D eigenvalue weighted by molar-refractivity contribution is 0.243. The van der Waals surface area contributed by atoms with Crippen LogP contribution < -0.4 is 15.2 Å². The average Bonchev–Trinajstić information content (AvgIpc) is 3.11. The van der Waals surface area contributed by atoms with E-state index in [0.29, 0.717) is 23.3 Å². The Morgan fingerprint density at radius 3 is 2.85 bits per heavy atom. The molecule has 0 spiro atoms. The fourth-order valence-corrected chi connectivity index (χ4v) is 3.85. The van der Waals surface area contributed by atoms with Gasteiger partial charge in [0.25, 0.3) is 0 Å². The number of alkyl halides is 1. The van der Waals surface area contributed by atoms with Crippen molar-refractivity contribution in [1.82, 2.24) is 23.6 Å². The predicted octanol–water partition coefficient (Wildman–Crippen LogP) is 0.160. The number of hydrogen-bond donors (Lipinski definition) is 1. The van der Waals surface area contributed by atoms with Crippen molar-refractivity contribution in [1.29, 1.82) is 0 Å². The minimum atomic E-state index is -4.42. The maximum absolute atomic E-state index is 12.3. The van der Waals surface area contributed by atoms with E-state index in [4.69, 9.17) is 0 Å². The van der Waals surface area contributed by atoms with Crippen LogP contribution >= 0.6 is 11.3 Å². The van der Waals surface area contributed by atoms with E-state index in [-0.39, 0.29) is 17.8 Å². The average molecular weight is 406 g/mol. The van der Waals surface area contributed by atoms with Gasteiger partial charge in [0.2, 0.25) is 4.80 Å². The van der Waals surface area contributed by atoms with E-state index < -0.39 is 28.6 Å². The Hall–Kier alpha value is -2.28. The van der Waals surface area contributed by atoms with Gasteiger partial charge in [0, 0.05) is 31.6 Å². The third kappa shape index (κ3) is 4.66. The largest absolute Gasteiger partial charge is 0.361 e. The van der Waals surface area contributed by atoms with E-state index in [1.165, 1.54) is 16.2 Å². The molecule has 0 saturated carbocycles. The third-order valence-electron chi connectivity index (χ3n) is 3.34. The van der Waals surface area contributed by atoms with Crippen molar-refractivity contribution in [2.75, 3.05) is 6.67 Å². The third-order valence-corrected chi connectivity index (χ3v) is 5.10. The number of carbonyl (C=O) groups is 1. The van der Waals surface area contributed by atoms with Crippen molar-refractivity contribution < 1.29 is 17.6 Å². The van der Waals surface area contributed by atoms with E-state index in [2.05, 4.69) is 9.50 Å². The highest BCUT2D eigenvalue weighted by Crippen LogP contribution is 1.97. The van der Waals surface area contributed by atoms with Crippen LogP contribution in [0.3, 0.4) is 0 Å². The van der Waals surface area contributed by atoms with Crippen LogP contribution in [-0.2, 0) is 30.2 Å². The van der Waals surface area contributed by atoms with Gasteiger partial charge in [0.05, 0.1) is 6.67 Å². The minimum absolute atomic E-state index is 0.0822. The lowest BCUT2D eigenvalue weighted by atomic mass is 10.3. The quantitative estimate of drug-likeness (QED) is 0.702. The van der Waals surface area contributed by atoms with Crippen LogP contribution in [0.4, 0.5) is 9.18 Å². The molecule has 0 bridgehead atoms. The van der Waals surface area contributed by atoms with Gasteiger partial charge in [0.15, 0.2) is 0 Å². The molecule has 13 heteroatoms. The van der Waals surface area contributed by atoms with Gasteiger partial charge in [-0.05, 0) is 12.8 Å². The van der Waals surface area contributed by atoms with Crippen LogP contribution in [0.15, 0.2) is 20.8 Å². The summed E-state index contributed by atoms with van der Waals surface area (Å²) in [6, 6.07) is -1.22. The molecule has 2 aromatic heterocycles. The summed E-state index contributed by atoms with van der Waals surface area (Å²) >= 11 is 1.02. The molecule has 0 atom stereocenters. The normalized spacial score (nSPS) is 12.5. The number of aromatic nitrogens is 4. The van der Waals surface area contributed by atoms with Crippen molar-refractivity contribution in [3.63, 3.8) is 0 Å². The van der Waals surface area contributed by atoms with E-state index >= 15 is 0 Å². The lowest BCUT2D eigenvalue weighted by Crippen LogP contribution is -2.40. The molecule has 26 heavy (non-hydrogen) atoms. The summed E-state index contributed by atoms with van der Waals surface area (Å²) < 4.78 is 44.8. The maximum Gasteiger partial charge on any atom is 0.361 e. The highest BCUT2D eigenvalue weighted by molar-refractivity contribution is 7.88. The number of nitrogens with zero attached hydrogens (tertiary/aromatic N) is 5. The molecule has 0 unspecified atom stereocenters. The molecule has 0 saturated heterocycles. The van der Waals surface area contributed by atoms with Crippen LogP contribution in [-0.4, -0.2) is 40.0 Å².